The third kappa shape index (κ3) is 2.98. The molecule has 2 rings (SSSR count). The number of anilines is 1. The number of para-hydroxylation sites is 1. The number of benzene rings is 2. The van der Waals surface area contributed by atoms with Gasteiger partial charge in [-0.25, -0.2) is 4.39 Å². The van der Waals surface area contributed by atoms with Crippen molar-refractivity contribution in [3.8, 4) is 0 Å². The fourth-order valence-corrected chi connectivity index (χ4v) is 1.92. The Labute approximate surface area is 107 Å². The fourth-order valence-electron chi connectivity index (χ4n) is 1.92. The van der Waals surface area contributed by atoms with Gasteiger partial charge in [-0.05, 0) is 24.6 Å². The summed E-state index contributed by atoms with van der Waals surface area (Å²) in [6.45, 7) is 3.73. The van der Waals surface area contributed by atoms with Crippen LogP contribution in [0.5, 0.6) is 0 Å². The predicted octanol–water partition coefficient (Wildman–Crippen LogP) is 4.56. The molecule has 0 amide bonds. The summed E-state index contributed by atoms with van der Waals surface area (Å²) in [5.41, 5.74) is 1.65. The zero-order chi connectivity index (χ0) is 12.8. The van der Waals surface area contributed by atoms with Crippen LogP contribution >= 0.6 is 0 Å². The van der Waals surface area contributed by atoms with E-state index in [2.05, 4.69) is 11.9 Å². The van der Waals surface area contributed by atoms with E-state index in [-0.39, 0.29) is 11.9 Å². The molecule has 18 heavy (non-hydrogen) atoms. The van der Waals surface area contributed by atoms with Gasteiger partial charge in [-0.1, -0.05) is 42.5 Å². The van der Waals surface area contributed by atoms with E-state index in [4.69, 9.17) is 0 Å². The highest BCUT2D eigenvalue weighted by Crippen LogP contribution is 2.24. The fraction of sp³-hybridized carbons (Fsp3) is 0.125. The summed E-state index contributed by atoms with van der Waals surface area (Å²) in [6.07, 6.45) is 2.48. The van der Waals surface area contributed by atoms with Crippen LogP contribution in [0, 0.1) is 5.82 Å². The number of hydrogen-bond donors (Lipinski definition) is 1. The van der Waals surface area contributed by atoms with Gasteiger partial charge in [-0.2, -0.15) is 0 Å². The zero-order valence-corrected chi connectivity index (χ0v) is 10.1. The van der Waals surface area contributed by atoms with Crippen LogP contribution in [0.1, 0.15) is 18.0 Å². The monoisotopic (exact) mass is 241 g/mol. The minimum atomic E-state index is -0.187. The standard InChI is InChI=1S/C16H16FN/c1-2-8-16(14-11-6-7-12-15(14)17)18-13-9-4-3-5-10-13/h2-7,9-12,16,18H,1,8H2. The van der Waals surface area contributed by atoms with Crippen molar-refractivity contribution in [3.05, 3.63) is 78.6 Å². The number of rotatable bonds is 5. The van der Waals surface area contributed by atoms with E-state index < -0.39 is 0 Å². The normalized spacial score (nSPS) is 11.8. The molecule has 0 saturated carbocycles. The first-order chi connectivity index (χ1) is 8.81. The molecule has 0 bridgehead atoms. The Morgan fingerprint density at radius 3 is 2.39 bits per heavy atom. The van der Waals surface area contributed by atoms with Crippen molar-refractivity contribution in [2.24, 2.45) is 0 Å². The Balaban J connectivity index is 2.24. The lowest BCUT2D eigenvalue weighted by molar-refractivity contribution is 0.593. The van der Waals surface area contributed by atoms with Gasteiger partial charge in [0.15, 0.2) is 0 Å². The Bertz CT molecular complexity index is 508. The molecule has 0 aliphatic rings. The van der Waals surface area contributed by atoms with Gasteiger partial charge in [0.25, 0.3) is 0 Å². The van der Waals surface area contributed by atoms with E-state index in [1.54, 1.807) is 18.2 Å². The molecule has 0 spiro atoms. The summed E-state index contributed by atoms with van der Waals surface area (Å²) < 4.78 is 13.8. The SMILES string of the molecule is C=CCC(Nc1ccccc1)c1ccccc1F. The maximum absolute atomic E-state index is 13.8. The molecule has 0 aromatic heterocycles. The summed E-state index contributed by atoms with van der Waals surface area (Å²) in [5, 5.41) is 3.33. The van der Waals surface area contributed by atoms with Crippen molar-refractivity contribution in [2.75, 3.05) is 5.32 Å². The van der Waals surface area contributed by atoms with Gasteiger partial charge in [-0.3, -0.25) is 0 Å². The molecular weight excluding hydrogens is 225 g/mol. The highest BCUT2D eigenvalue weighted by Gasteiger charge is 2.13. The molecule has 1 N–H and O–H groups in total. The molecule has 0 fully saturated rings. The molecule has 1 atom stereocenters. The second-order valence-corrected chi connectivity index (χ2v) is 4.11. The molecule has 92 valence electrons. The molecular formula is C16H16FN. The highest BCUT2D eigenvalue weighted by atomic mass is 19.1. The number of halogens is 1. The molecule has 0 saturated heterocycles. The van der Waals surface area contributed by atoms with Gasteiger partial charge < -0.3 is 5.32 Å². The molecule has 2 aromatic rings. The minimum absolute atomic E-state index is 0.0916. The minimum Gasteiger partial charge on any atom is -0.378 e. The molecule has 0 aliphatic heterocycles. The summed E-state index contributed by atoms with van der Waals surface area (Å²) in [6, 6.07) is 16.5. The number of hydrogen-bond acceptors (Lipinski definition) is 1. The summed E-state index contributed by atoms with van der Waals surface area (Å²) in [5.74, 6) is -0.187. The molecule has 0 radical (unpaired) electrons. The van der Waals surface area contributed by atoms with Crippen molar-refractivity contribution in [3.63, 3.8) is 0 Å². The Morgan fingerprint density at radius 1 is 1.06 bits per heavy atom. The average molecular weight is 241 g/mol. The Kier molecular flexibility index (Phi) is 4.13. The smallest absolute Gasteiger partial charge is 0.128 e. The molecule has 2 heteroatoms. The topological polar surface area (TPSA) is 12.0 Å². The Hall–Kier alpha value is -2.09. The predicted molar refractivity (Wildman–Crippen MR) is 74.0 cm³/mol. The van der Waals surface area contributed by atoms with Gasteiger partial charge in [-0.15, -0.1) is 6.58 Å². The van der Waals surface area contributed by atoms with Crippen molar-refractivity contribution in [2.45, 2.75) is 12.5 Å². The van der Waals surface area contributed by atoms with Crippen LogP contribution in [0.4, 0.5) is 10.1 Å². The first-order valence-electron chi connectivity index (χ1n) is 5.98. The van der Waals surface area contributed by atoms with Crippen LogP contribution in [0.2, 0.25) is 0 Å². The van der Waals surface area contributed by atoms with E-state index in [1.807, 2.05) is 36.4 Å². The summed E-state index contributed by atoms with van der Waals surface area (Å²) in [7, 11) is 0. The highest BCUT2D eigenvalue weighted by molar-refractivity contribution is 5.45. The van der Waals surface area contributed by atoms with Gasteiger partial charge in [0, 0.05) is 11.3 Å². The van der Waals surface area contributed by atoms with E-state index in [1.165, 1.54) is 6.07 Å². The van der Waals surface area contributed by atoms with Crippen molar-refractivity contribution in [1.29, 1.82) is 0 Å². The van der Waals surface area contributed by atoms with E-state index in [0.29, 0.717) is 12.0 Å². The third-order valence-electron chi connectivity index (χ3n) is 2.80. The van der Waals surface area contributed by atoms with Crippen LogP contribution in [0.25, 0.3) is 0 Å². The lowest BCUT2D eigenvalue weighted by Gasteiger charge is -2.19. The van der Waals surface area contributed by atoms with Crippen LogP contribution in [0.15, 0.2) is 67.3 Å². The van der Waals surface area contributed by atoms with Crippen LogP contribution < -0.4 is 5.32 Å². The van der Waals surface area contributed by atoms with E-state index in [0.717, 1.165) is 5.69 Å². The van der Waals surface area contributed by atoms with E-state index in [9.17, 15) is 4.39 Å². The molecule has 2 aromatic carbocycles. The first kappa shape index (κ1) is 12.4. The van der Waals surface area contributed by atoms with Crippen molar-refractivity contribution >= 4 is 5.69 Å². The van der Waals surface area contributed by atoms with Gasteiger partial charge in [0.05, 0.1) is 6.04 Å². The lowest BCUT2D eigenvalue weighted by Crippen LogP contribution is -2.11. The van der Waals surface area contributed by atoms with Crippen LogP contribution in [0.3, 0.4) is 0 Å². The summed E-state index contributed by atoms with van der Waals surface area (Å²) in [4.78, 5) is 0. The zero-order valence-electron chi connectivity index (χ0n) is 10.1. The second kappa shape index (κ2) is 6.01. The van der Waals surface area contributed by atoms with Crippen LogP contribution in [-0.4, -0.2) is 0 Å². The lowest BCUT2D eigenvalue weighted by atomic mass is 10.0. The Morgan fingerprint density at radius 2 is 1.72 bits per heavy atom. The summed E-state index contributed by atoms with van der Waals surface area (Å²) >= 11 is 0. The molecule has 1 nitrogen and oxygen atoms in total. The van der Waals surface area contributed by atoms with Crippen LogP contribution in [-0.2, 0) is 0 Å². The second-order valence-electron chi connectivity index (χ2n) is 4.11. The van der Waals surface area contributed by atoms with Gasteiger partial charge >= 0.3 is 0 Å². The number of nitrogens with one attached hydrogen (secondary N) is 1. The molecule has 1 unspecified atom stereocenters. The van der Waals surface area contributed by atoms with Gasteiger partial charge in [0.1, 0.15) is 5.82 Å². The van der Waals surface area contributed by atoms with Crippen molar-refractivity contribution in [1.82, 2.24) is 0 Å². The molecule has 0 aliphatic carbocycles. The quantitative estimate of drug-likeness (QED) is 0.757. The van der Waals surface area contributed by atoms with Gasteiger partial charge in [0.2, 0.25) is 0 Å². The first-order valence-corrected chi connectivity index (χ1v) is 5.98. The average Bonchev–Trinajstić information content (AvgIpc) is 2.40. The maximum atomic E-state index is 13.8. The van der Waals surface area contributed by atoms with E-state index >= 15 is 0 Å². The maximum Gasteiger partial charge on any atom is 0.128 e. The largest absolute Gasteiger partial charge is 0.378 e. The third-order valence-corrected chi connectivity index (χ3v) is 2.80. The molecule has 0 heterocycles. The van der Waals surface area contributed by atoms with Crippen molar-refractivity contribution < 1.29 is 4.39 Å².